The van der Waals surface area contributed by atoms with Crippen molar-refractivity contribution in [2.24, 2.45) is 5.73 Å². The zero-order valence-corrected chi connectivity index (χ0v) is 11.7. The van der Waals surface area contributed by atoms with Gasteiger partial charge in [-0.15, -0.1) is 12.4 Å². The van der Waals surface area contributed by atoms with E-state index in [0.29, 0.717) is 5.56 Å². The molecule has 0 saturated heterocycles. The number of halogens is 3. The zero-order valence-electron chi connectivity index (χ0n) is 10.9. The van der Waals surface area contributed by atoms with Crippen molar-refractivity contribution in [3.8, 4) is 0 Å². The number of rotatable bonds is 5. The van der Waals surface area contributed by atoms with E-state index in [1.807, 2.05) is 0 Å². The molecule has 1 aromatic rings. The molecular weight excluding hydrogens is 292 g/mol. The van der Waals surface area contributed by atoms with E-state index in [0.717, 1.165) is 12.1 Å². The third-order valence-corrected chi connectivity index (χ3v) is 2.45. The fourth-order valence-electron chi connectivity index (χ4n) is 1.38. The lowest BCUT2D eigenvalue weighted by molar-refractivity contribution is -0.131. The number of carbonyl (C=O) groups excluding carboxylic acids is 2. The van der Waals surface area contributed by atoms with Crippen molar-refractivity contribution < 1.29 is 18.4 Å². The summed E-state index contributed by atoms with van der Waals surface area (Å²) in [5.41, 5.74) is 5.53. The van der Waals surface area contributed by atoms with Crippen molar-refractivity contribution >= 4 is 24.2 Å². The Kier molecular flexibility index (Phi) is 7.71. The Balaban J connectivity index is 0.00000361. The highest BCUT2D eigenvalue weighted by Crippen LogP contribution is 2.10. The molecule has 112 valence electrons. The second-order valence-corrected chi connectivity index (χ2v) is 3.98. The average molecular weight is 308 g/mol. The van der Waals surface area contributed by atoms with Gasteiger partial charge in [0.05, 0.1) is 13.1 Å². The molecule has 5 nitrogen and oxygen atoms in total. The molecule has 0 saturated carbocycles. The predicted octanol–water partition coefficient (Wildman–Crippen LogP) is 0.420. The first kappa shape index (κ1) is 18.3. The van der Waals surface area contributed by atoms with Crippen LogP contribution < -0.4 is 11.1 Å². The van der Waals surface area contributed by atoms with Gasteiger partial charge < -0.3 is 16.0 Å². The molecule has 0 heterocycles. The second kappa shape index (κ2) is 8.44. The molecule has 3 N–H and O–H groups in total. The lowest BCUT2D eigenvalue weighted by Crippen LogP contribution is -2.40. The van der Waals surface area contributed by atoms with Crippen LogP contribution in [0.1, 0.15) is 5.56 Å². The van der Waals surface area contributed by atoms with E-state index in [1.54, 1.807) is 0 Å². The smallest absolute Gasteiger partial charge is 0.242 e. The van der Waals surface area contributed by atoms with E-state index in [1.165, 1.54) is 18.0 Å². The van der Waals surface area contributed by atoms with Crippen LogP contribution in [-0.2, 0) is 16.1 Å². The van der Waals surface area contributed by atoms with Gasteiger partial charge in [0.25, 0.3) is 0 Å². The SMILES string of the molecule is CN(Cc1ccc(F)c(F)c1)C(=O)CNC(=O)CN.Cl. The van der Waals surface area contributed by atoms with Gasteiger partial charge in [0.1, 0.15) is 0 Å². The van der Waals surface area contributed by atoms with Gasteiger partial charge in [0, 0.05) is 13.6 Å². The lowest BCUT2D eigenvalue weighted by atomic mass is 10.2. The number of hydrogen-bond acceptors (Lipinski definition) is 3. The van der Waals surface area contributed by atoms with Crippen LogP contribution in [0.4, 0.5) is 8.78 Å². The molecule has 0 aliphatic rings. The summed E-state index contributed by atoms with van der Waals surface area (Å²) in [5, 5.41) is 2.33. The molecule has 0 spiro atoms. The van der Waals surface area contributed by atoms with Crippen LogP contribution >= 0.6 is 12.4 Å². The van der Waals surface area contributed by atoms with Crippen molar-refractivity contribution in [2.45, 2.75) is 6.54 Å². The predicted molar refractivity (Wildman–Crippen MR) is 72.1 cm³/mol. The number of amides is 2. The van der Waals surface area contributed by atoms with Crippen LogP contribution in [-0.4, -0.2) is 36.9 Å². The number of hydrogen-bond donors (Lipinski definition) is 2. The van der Waals surface area contributed by atoms with Gasteiger partial charge in [-0.2, -0.15) is 0 Å². The normalized spacial score (nSPS) is 9.60. The van der Waals surface area contributed by atoms with Crippen LogP contribution in [0.3, 0.4) is 0 Å². The van der Waals surface area contributed by atoms with E-state index in [-0.39, 0.29) is 37.9 Å². The Morgan fingerprint density at radius 1 is 1.30 bits per heavy atom. The van der Waals surface area contributed by atoms with Gasteiger partial charge in [0.2, 0.25) is 11.8 Å². The third kappa shape index (κ3) is 5.50. The highest BCUT2D eigenvalue weighted by atomic mass is 35.5. The van der Waals surface area contributed by atoms with Crippen LogP contribution in [0.25, 0.3) is 0 Å². The summed E-state index contributed by atoms with van der Waals surface area (Å²) in [7, 11) is 1.50. The van der Waals surface area contributed by atoms with Crippen molar-refractivity contribution in [3.63, 3.8) is 0 Å². The zero-order chi connectivity index (χ0) is 14.4. The van der Waals surface area contributed by atoms with Gasteiger partial charge in [-0.05, 0) is 17.7 Å². The van der Waals surface area contributed by atoms with Gasteiger partial charge in [-0.1, -0.05) is 6.07 Å². The first-order chi connectivity index (χ1) is 8.93. The fraction of sp³-hybridized carbons (Fsp3) is 0.333. The number of benzene rings is 1. The monoisotopic (exact) mass is 307 g/mol. The molecule has 0 fully saturated rings. The van der Waals surface area contributed by atoms with E-state index in [2.05, 4.69) is 5.32 Å². The van der Waals surface area contributed by atoms with E-state index < -0.39 is 17.5 Å². The molecule has 1 rings (SSSR count). The Labute approximate surface area is 121 Å². The molecule has 1 aromatic carbocycles. The Morgan fingerprint density at radius 2 is 1.95 bits per heavy atom. The van der Waals surface area contributed by atoms with Crippen LogP contribution in [0.2, 0.25) is 0 Å². The minimum atomic E-state index is -0.963. The fourth-order valence-corrected chi connectivity index (χ4v) is 1.38. The lowest BCUT2D eigenvalue weighted by Gasteiger charge is -2.17. The second-order valence-electron chi connectivity index (χ2n) is 3.98. The summed E-state index contributed by atoms with van der Waals surface area (Å²) >= 11 is 0. The Bertz CT molecular complexity index is 486. The third-order valence-electron chi connectivity index (χ3n) is 2.45. The summed E-state index contributed by atoms with van der Waals surface area (Å²) in [6, 6.07) is 3.41. The molecule has 8 heteroatoms. The highest BCUT2D eigenvalue weighted by Gasteiger charge is 2.11. The molecule has 0 aromatic heterocycles. The standard InChI is InChI=1S/C12H15F2N3O2.ClH/c1-17(12(19)6-16-11(18)5-15)7-8-2-3-9(13)10(14)4-8;/h2-4H,5-7,15H2,1H3,(H,16,18);1H. The number of carbonyl (C=O) groups is 2. The highest BCUT2D eigenvalue weighted by molar-refractivity contribution is 5.85. The van der Waals surface area contributed by atoms with E-state index in [4.69, 9.17) is 5.73 Å². The maximum Gasteiger partial charge on any atom is 0.242 e. The quantitative estimate of drug-likeness (QED) is 0.828. The first-order valence-electron chi connectivity index (χ1n) is 5.58. The first-order valence-corrected chi connectivity index (χ1v) is 5.58. The molecule has 0 atom stereocenters. The maximum atomic E-state index is 13.0. The molecular formula is C12H16ClF2N3O2. The number of nitrogens with zero attached hydrogens (tertiary/aromatic N) is 1. The molecule has 2 amide bonds. The topological polar surface area (TPSA) is 75.4 Å². The molecule has 20 heavy (non-hydrogen) atoms. The Hall–Kier alpha value is -1.73. The molecule has 0 unspecified atom stereocenters. The van der Waals surface area contributed by atoms with Gasteiger partial charge in [0.15, 0.2) is 11.6 Å². The number of nitrogens with two attached hydrogens (primary N) is 1. The number of nitrogens with one attached hydrogen (secondary N) is 1. The van der Waals surface area contributed by atoms with Crippen molar-refractivity contribution in [2.75, 3.05) is 20.1 Å². The van der Waals surface area contributed by atoms with E-state index >= 15 is 0 Å². The molecule has 0 aliphatic carbocycles. The van der Waals surface area contributed by atoms with Gasteiger partial charge in [-0.25, -0.2) is 8.78 Å². The largest absolute Gasteiger partial charge is 0.346 e. The van der Waals surface area contributed by atoms with E-state index in [9.17, 15) is 18.4 Å². The molecule has 0 bridgehead atoms. The molecule has 0 radical (unpaired) electrons. The van der Waals surface area contributed by atoms with Crippen LogP contribution in [0, 0.1) is 11.6 Å². The molecule has 0 aliphatic heterocycles. The summed E-state index contributed by atoms with van der Waals surface area (Å²) in [6.45, 7) is -0.259. The van der Waals surface area contributed by atoms with Crippen molar-refractivity contribution in [1.29, 1.82) is 0 Å². The van der Waals surface area contributed by atoms with Gasteiger partial charge in [-0.3, -0.25) is 9.59 Å². The maximum absolute atomic E-state index is 13.0. The average Bonchev–Trinajstić information content (AvgIpc) is 2.39. The summed E-state index contributed by atoms with van der Waals surface area (Å²) < 4.78 is 25.7. The van der Waals surface area contributed by atoms with Crippen LogP contribution in [0.15, 0.2) is 18.2 Å². The van der Waals surface area contributed by atoms with Crippen LogP contribution in [0.5, 0.6) is 0 Å². The summed E-state index contributed by atoms with van der Waals surface area (Å²) in [6.07, 6.45) is 0. The minimum absolute atomic E-state index is 0. The summed E-state index contributed by atoms with van der Waals surface area (Å²) in [4.78, 5) is 23.8. The van der Waals surface area contributed by atoms with Crippen molar-refractivity contribution in [1.82, 2.24) is 10.2 Å². The van der Waals surface area contributed by atoms with Gasteiger partial charge >= 0.3 is 0 Å². The number of likely N-dealkylation sites (N-methyl/N-ethyl adjacent to an activating group) is 1. The Morgan fingerprint density at radius 3 is 2.50 bits per heavy atom. The summed E-state index contributed by atoms with van der Waals surface area (Å²) in [5.74, 6) is -2.69. The minimum Gasteiger partial charge on any atom is -0.346 e. The van der Waals surface area contributed by atoms with Crippen molar-refractivity contribution in [3.05, 3.63) is 35.4 Å².